The SMILES string of the molecule is CCN1CC(NC(=O)c2ccc(F)cc2)CN1CC. The number of carbonyl (C=O) groups excluding carboxylic acids is 1. The molecule has 0 unspecified atom stereocenters. The third-order valence-corrected chi connectivity index (χ3v) is 3.43. The summed E-state index contributed by atoms with van der Waals surface area (Å²) in [6, 6.07) is 5.75. The third kappa shape index (κ3) is 3.30. The Balaban J connectivity index is 1.95. The lowest BCUT2D eigenvalue weighted by atomic mass is 10.2. The van der Waals surface area contributed by atoms with Crippen molar-refractivity contribution in [3.63, 3.8) is 0 Å². The van der Waals surface area contributed by atoms with E-state index in [1.165, 1.54) is 24.3 Å². The maximum absolute atomic E-state index is 12.8. The molecule has 0 bridgehead atoms. The zero-order chi connectivity index (χ0) is 13.8. The number of carbonyl (C=O) groups is 1. The summed E-state index contributed by atoms with van der Waals surface area (Å²) in [7, 11) is 0. The Morgan fingerprint density at radius 2 is 1.74 bits per heavy atom. The summed E-state index contributed by atoms with van der Waals surface area (Å²) in [6.07, 6.45) is 0. The Morgan fingerprint density at radius 1 is 1.21 bits per heavy atom. The van der Waals surface area contributed by atoms with Crippen molar-refractivity contribution in [1.29, 1.82) is 0 Å². The van der Waals surface area contributed by atoms with Crippen LogP contribution in [0.5, 0.6) is 0 Å². The Bertz CT molecular complexity index is 423. The van der Waals surface area contributed by atoms with Crippen LogP contribution in [0.25, 0.3) is 0 Å². The summed E-state index contributed by atoms with van der Waals surface area (Å²) in [5.41, 5.74) is 0.499. The van der Waals surface area contributed by atoms with Crippen LogP contribution in [0, 0.1) is 5.82 Å². The summed E-state index contributed by atoms with van der Waals surface area (Å²) >= 11 is 0. The van der Waals surface area contributed by atoms with Gasteiger partial charge >= 0.3 is 0 Å². The van der Waals surface area contributed by atoms with Crippen LogP contribution in [-0.2, 0) is 0 Å². The molecule has 0 spiro atoms. The number of benzene rings is 1. The van der Waals surface area contributed by atoms with Gasteiger partial charge in [0, 0.05) is 31.7 Å². The van der Waals surface area contributed by atoms with E-state index < -0.39 is 0 Å². The lowest BCUT2D eigenvalue weighted by molar-refractivity contribution is 0.0388. The average Bonchev–Trinajstić information content (AvgIpc) is 2.81. The Morgan fingerprint density at radius 3 is 2.21 bits per heavy atom. The summed E-state index contributed by atoms with van der Waals surface area (Å²) in [5, 5.41) is 7.46. The van der Waals surface area contributed by atoms with E-state index in [0.717, 1.165) is 26.2 Å². The average molecular weight is 265 g/mol. The van der Waals surface area contributed by atoms with Crippen molar-refractivity contribution in [3.05, 3.63) is 35.6 Å². The fourth-order valence-corrected chi connectivity index (χ4v) is 2.42. The molecule has 1 aromatic carbocycles. The summed E-state index contributed by atoms with van der Waals surface area (Å²) in [6.45, 7) is 7.75. The summed E-state index contributed by atoms with van der Waals surface area (Å²) in [5.74, 6) is -0.467. The smallest absolute Gasteiger partial charge is 0.251 e. The van der Waals surface area contributed by atoms with Crippen molar-refractivity contribution in [2.24, 2.45) is 0 Å². The topological polar surface area (TPSA) is 35.6 Å². The molecule has 0 aromatic heterocycles. The van der Waals surface area contributed by atoms with Crippen molar-refractivity contribution in [1.82, 2.24) is 15.3 Å². The normalized spacial score (nSPS) is 17.8. The predicted molar refractivity (Wildman–Crippen MR) is 72.1 cm³/mol. The van der Waals surface area contributed by atoms with Gasteiger partial charge in [-0.25, -0.2) is 14.4 Å². The van der Waals surface area contributed by atoms with Gasteiger partial charge in [-0.3, -0.25) is 4.79 Å². The largest absolute Gasteiger partial charge is 0.347 e. The molecule has 1 aliphatic heterocycles. The molecule has 0 atom stereocenters. The van der Waals surface area contributed by atoms with E-state index in [1.54, 1.807) is 0 Å². The summed E-state index contributed by atoms with van der Waals surface area (Å²) in [4.78, 5) is 12.0. The molecule has 1 aromatic rings. The first kappa shape index (κ1) is 14.0. The van der Waals surface area contributed by atoms with E-state index in [-0.39, 0.29) is 17.8 Å². The highest BCUT2D eigenvalue weighted by Gasteiger charge is 2.28. The van der Waals surface area contributed by atoms with Crippen molar-refractivity contribution in [2.45, 2.75) is 19.9 Å². The highest BCUT2D eigenvalue weighted by molar-refractivity contribution is 5.94. The number of nitrogens with one attached hydrogen (secondary N) is 1. The fraction of sp³-hybridized carbons (Fsp3) is 0.500. The molecule has 1 saturated heterocycles. The fourth-order valence-electron chi connectivity index (χ4n) is 2.42. The van der Waals surface area contributed by atoms with Crippen LogP contribution < -0.4 is 5.32 Å². The van der Waals surface area contributed by atoms with Gasteiger partial charge in [-0.1, -0.05) is 13.8 Å². The van der Waals surface area contributed by atoms with Gasteiger partial charge in [0.25, 0.3) is 5.91 Å². The second-order valence-electron chi connectivity index (χ2n) is 4.69. The van der Waals surface area contributed by atoms with Crippen molar-refractivity contribution in [2.75, 3.05) is 26.2 Å². The number of nitrogens with zero attached hydrogens (tertiary/aromatic N) is 2. The van der Waals surface area contributed by atoms with Crippen LogP contribution in [-0.4, -0.2) is 48.1 Å². The van der Waals surface area contributed by atoms with Gasteiger partial charge in [-0.05, 0) is 24.3 Å². The van der Waals surface area contributed by atoms with Crippen LogP contribution in [0.2, 0.25) is 0 Å². The lowest BCUT2D eigenvalue weighted by Crippen LogP contribution is -2.38. The minimum atomic E-state index is -0.327. The minimum absolute atomic E-state index is 0.123. The number of rotatable bonds is 4. The summed E-state index contributed by atoms with van der Waals surface area (Å²) < 4.78 is 12.8. The zero-order valence-electron chi connectivity index (χ0n) is 11.4. The van der Waals surface area contributed by atoms with Gasteiger partial charge in [-0.2, -0.15) is 0 Å². The quantitative estimate of drug-likeness (QED) is 0.896. The van der Waals surface area contributed by atoms with Crippen molar-refractivity contribution >= 4 is 5.91 Å². The van der Waals surface area contributed by atoms with Crippen LogP contribution >= 0.6 is 0 Å². The zero-order valence-corrected chi connectivity index (χ0v) is 11.4. The van der Waals surface area contributed by atoms with E-state index >= 15 is 0 Å². The molecule has 1 amide bonds. The highest BCUT2D eigenvalue weighted by Crippen LogP contribution is 2.11. The van der Waals surface area contributed by atoms with Gasteiger partial charge in [0.1, 0.15) is 5.82 Å². The molecular weight excluding hydrogens is 245 g/mol. The van der Waals surface area contributed by atoms with E-state index in [4.69, 9.17) is 0 Å². The van der Waals surface area contributed by atoms with E-state index in [1.807, 2.05) is 0 Å². The monoisotopic (exact) mass is 265 g/mol. The maximum atomic E-state index is 12.8. The molecule has 104 valence electrons. The number of hydrazine groups is 1. The molecule has 19 heavy (non-hydrogen) atoms. The van der Waals surface area contributed by atoms with Crippen molar-refractivity contribution in [3.8, 4) is 0 Å². The number of amides is 1. The first-order valence-corrected chi connectivity index (χ1v) is 6.70. The predicted octanol–water partition coefficient (Wildman–Crippen LogP) is 1.50. The molecule has 0 aliphatic carbocycles. The van der Waals surface area contributed by atoms with Gasteiger partial charge in [-0.15, -0.1) is 0 Å². The maximum Gasteiger partial charge on any atom is 0.251 e. The molecule has 1 aliphatic rings. The molecule has 4 nitrogen and oxygen atoms in total. The molecule has 5 heteroatoms. The number of halogens is 1. The molecular formula is C14H20FN3O. The Kier molecular flexibility index (Phi) is 4.50. The number of hydrogen-bond donors (Lipinski definition) is 1. The number of hydrogen-bond acceptors (Lipinski definition) is 3. The van der Waals surface area contributed by atoms with E-state index in [2.05, 4.69) is 29.2 Å². The lowest BCUT2D eigenvalue weighted by Gasteiger charge is -2.24. The third-order valence-electron chi connectivity index (χ3n) is 3.43. The van der Waals surface area contributed by atoms with Gasteiger partial charge in [0.2, 0.25) is 0 Å². The second kappa shape index (κ2) is 6.12. The van der Waals surface area contributed by atoms with Crippen LogP contribution in [0.15, 0.2) is 24.3 Å². The molecule has 2 rings (SSSR count). The Labute approximate surface area is 113 Å². The first-order valence-electron chi connectivity index (χ1n) is 6.70. The van der Waals surface area contributed by atoms with Crippen LogP contribution in [0.1, 0.15) is 24.2 Å². The van der Waals surface area contributed by atoms with Crippen molar-refractivity contribution < 1.29 is 9.18 Å². The standard InChI is InChI=1S/C14H20FN3O/c1-3-17-9-13(10-18(17)4-2)16-14(19)11-5-7-12(15)8-6-11/h5-8,13H,3-4,9-10H2,1-2H3,(H,16,19). The van der Waals surface area contributed by atoms with E-state index in [0.29, 0.717) is 5.56 Å². The Hall–Kier alpha value is -1.46. The second-order valence-corrected chi connectivity index (χ2v) is 4.69. The first-order chi connectivity index (χ1) is 9.13. The number of likely N-dealkylation sites (N-methyl/N-ethyl adjacent to an activating group) is 2. The highest BCUT2D eigenvalue weighted by atomic mass is 19.1. The molecule has 1 heterocycles. The van der Waals surface area contributed by atoms with Crippen LogP contribution in [0.4, 0.5) is 4.39 Å². The molecule has 0 saturated carbocycles. The van der Waals surface area contributed by atoms with Gasteiger partial charge < -0.3 is 5.32 Å². The minimum Gasteiger partial charge on any atom is -0.347 e. The molecule has 1 N–H and O–H groups in total. The molecule has 1 fully saturated rings. The van der Waals surface area contributed by atoms with Crippen LogP contribution in [0.3, 0.4) is 0 Å². The molecule has 0 radical (unpaired) electrons. The van der Waals surface area contributed by atoms with Gasteiger partial charge in [0.15, 0.2) is 0 Å². The van der Waals surface area contributed by atoms with Gasteiger partial charge in [0.05, 0.1) is 6.04 Å². The van der Waals surface area contributed by atoms with E-state index in [9.17, 15) is 9.18 Å².